The van der Waals surface area contributed by atoms with Gasteiger partial charge in [-0.25, -0.2) is 0 Å². The van der Waals surface area contributed by atoms with Gasteiger partial charge >= 0.3 is 0 Å². The van der Waals surface area contributed by atoms with E-state index in [1.165, 1.54) is 4.90 Å². The van der Waals surface area contributed by atoms with Crippen LogP contribution >= 0.6 is 11.6 Å². The quantitative estimate of drug-likeness (QED) is 0.657. The number of carbonyl (C=O) groups excluding carboxylic acids is 2. The van der Waals surface area contributed by atoms with E-state index in [1.54, 1.807) is 19.1 Å². The maximum absolute atomic E-state index is 12.9. The van der Waals surface area contributed by atoms with Crippen molar-refractivity contribution in [3.63, 3.8) is 0 Å². The average molecular weight is 413 g/mol. The van der Waals surface area contributed by atoms with E-state index in [-0.39, 0.29) is 17.5 Å². The van der Waals surface area contributed by atoms with Crippen LogP contribution in [0.5, 0.6) is 5.75 Å². The van der Waals surface area contributed by atoms with Crippen LogP contribution in [-0.4, -0.2) is 29.9 Å². The zero-order chi connectivity index (χ0) is 21.1. The number of nitrogens with one attached hydrogen (secondary N) is 1. The Bertz CT molecular complexity index is 965. The first-order valence-corrected chi connectivity index (χ1v) is 10.1. The SMILES string of the molecule is CCN1C(=O)C(Nc2cc(Cl)ccc2C)=C(c2ccc(OCC(C)C)cc2)C1=O. The summed E-state index contributed by atoms with van der Waals surface area (Å²) in [5, 5.41) is 3.70. The van der Waals surface area contributed by atoms with Crippen molar-refractivity contribution in [3.8, 4) is 5.75 Å². The van der Waals surface area contributed by atoms with Gasteiger partial charge in [-0.15, -0.1) is 0 Å². The zero-order valence-electron chi connectivity index (χ0n) is 17.1. The molecule has 29 heavy (non-hydrogen) atoms. The number of nitrogens with zero attached hydrogens (tertiary/aromatic N) is 1. The maximum atomic E-state index is 12.9. The molecule has 0 radical (unpaired) electrons. The fourth-order valence-electron chi connectivity index (χ4n) is 3.09. The molecule has 1 heterocycles. The van der Waals surface area contributed by atoms with Crippen LogP contribution in [0.4, 0.5) is 5.69 Å². The predicted octanol–water partition coefficient (Wildman–Crippen LogP) is 4.90. The molecule has 0 saturated carbocycles. The smallest absolute Gasteiger partial charge is 0.278 e. The van der Waals surface area contributed by atoms with Crippen molar-refractivity contribution < 1.29 is 14.3 Å². The van der Waals surface area contributed by atoms with Gasteiger partial charge in [0.1, 0.15) is 11.4 Å². The second-order valence-electron chi connectivity index (χ2n) is 7.42. The Kier molecular flexibility index (Phi) is 6.28. The van der Waals surface area contributed by atoms with Crippen molar-refractivity contribution in [1.82, 2.24) is 4.90 Å². The minimum atomic E-state index is -0.341. The van der Waals surface area contributed by atoms with Gasteiger partial charge in [0.2, 0.25) is 0 Å². The third-order valence-electron chi connectivity index (χ3n) is 4.67. The summed E-state index contributed by atoms with van der Waals surface area (Å²) in [7, 11) is 0. The molecule has 2 amide bonds. The fourth-order valence-corrected chi connectivity index (χ4v) is 3.26. The van der Waals surface area contributed by atoms with Gasteiger partial charge in [0.05, 0.1) is 12.2 Å². The Morgan fingerprint density at radius 3 is 2.38 bits per heavy atom. The number of hydrogen-bond acceptors (Lipinski definition) is 4. The van der Waals surface area contributed by atoms with E-state index >= 15 is 0 Å². The number of anilines is 1. The molecule has 1 N–H and O–H groups in total. The highest BCUT2D eigenvalue weighted by atomic mass is 35.5. The van der Waals surface area contributed by atoms with E-state index in [4.69, 9.17) is 16.3 Å². The van der Waals surface area contributed by atoms with Gasteiger partial charge in [0.15, 0.2) is 0 Å². The Morgan fingerprint density at radius 2 is 1.76 bits per heavy atom. The number of aryl methyl sites for hydroxylation is 1. The lowest BCUT2D eigenvalue weighted by atomic mass is 10.0. The van der Waals surface area contributed by atoms with Crippen LogP contribution in [0.15, 0.2) is 48.2 Å². The lowest BCUT2D eigenvalue weighted by Crippen LogP contribution is -2.32. The second kappa shape index (κ2) is 8.70. The molecular weight excluding hydrogens is 388 g/mol. The summed E-state index contributed by atoms with van der Waals surface area (Å²) in [6.07, 6.45) is 0. The summed E-state index contributed by atoms with van der Waals surface area (Å²) in [6, 6.07) is 12.6. The van der Waals surface area contributed by atoms with E-state index in [1.807, 2.05) is 37.3 Å². The summed E-state index contributed by atoms with van der Waals surface area (Å²) in [6.45, 7) is 8.77. The lowest BCUT2D eigenvalue weighted by Gasteiger charge is -2.13. The van der Waals surface area contributed by atoms with Crippen LogP contribution in [0.3, 0.4) is 0 Å². The second-order valence-corrected chi connectivity index (χ2v) is 7.85. The first-order valence-electron chi connectivity index (χ1n) is 9.68. The molecule has 0 saturated heterocycles. The van der Waals surface area contributed by atoms with Crippen molar-refractivity contribution in [2.24, 2.45) is 5.92 Å². The Labute approximate surface area is 176 Å². The van der Waals surface area contributed by atoms with E-state index < -0.39 is 0 Å². The Morgan fingerprint density at radius 1 is 1.07 bits per heavy atom. The fraction of sp³-hybridized carbons (Fsp3) is 0.304. The van der Waals surface area contributed by atoms with Crippen LogP contribution in [-0.2, 0) is 9.59 Å². The lowest BCUT2D eigenvalue weighted by molar-refractivity contribution is -0.136. The molecule has 0 atom stereocenters. The number of ether oxygens (including phenoxy) is 1. The van der Waals surface area contributed by atoms with Crippen molar-refractivity contribution in [1.29, 1.82) is 0 Å². The number of benzene rings is 2. The molecule has 0 bridgehead atoms. The van der Waals surface area contributed by atoms with Crippen LogP contribution in [0.2, 0.25) is 5.02 Å². The monoisotopic (exact) mass is 412 g/mol. The highest BCUT2D eigenvalue weighted by molar-refractivity contribution is 6.36. The maximum Gasteiger partial charge on any atom is 0.278 e. The summed E-state index contributed by atoms with van der Waals surface area (Å²) < 4.78 is 5.72. The number of amides is 2. The molecular formula is C23H25ClN2O3. The van der Waals surface area contributed by atoms with Gasteiger partial charge in [-0.1, -0.05) is 43.6 Å². The molecule has 2 aromatic rings. The van der Waals surface area contributed by atoms with Crippen LogP contribution in [0.25, 0.3) is 5.57 Å². The molecule has 0 unspecified atom stereocenters. The molecule has 0 fully saturated rings. The molecule has 1 aliphatic rings. The summed E-state index contributed by atoms with van der Waals surface area (Å²) in [5.74, 6) is 0.496. The minimum absolute atomic E-state index is 0.262. The average Bonchev–Trinajstić information content (AvgIpc) is 2.92. The molecule has 5 nitrogen and oxygen atoms in total. The Hall–Kier alpha value is -2.79. The van der Waals surface area contributed by atoms with Gasteiger partial charge in [-0.2, -0.15) is 0 Å². The van der Waals surface area contributed by atoms with E-state index in [2.05, 4.69) is 19.2 Å². The summed E-state index contributed by atoms with van der Waals surface area (Å²) >= 11 is 6.11. The number of carbonyl (C=O) groups is 2. The van der Waals surface area contributed by atoms with Crippen molar-refractivity contribution in [2.75, 3.05) is 18.5 Å². The predicted molar refractivity (Wildman–Crippen MR) is 116 cm³/mol. The van der Waals surface area contributed by atoms with Gasteiger partial charge in [-0.3, -0.25) is 14.5 Å². The van der Waals surface area contributed by atoms with Crippen molar-refractivity contribution >= 4 is 34.7 Å². The molecule has 2 aromatic carbocycles. The van der Waals surface area contributed by atoms with Crippen LogP contribution in [0, 0.1) is 12.8 Å². The highest BCUT2D eigenvalue weighted by Crippen LogP contribution is 2.32. The van der Waals surface area contributed by atoms with Gasteiger partial charge in [0.25, 0.3) is 11.8 Å². The molecule has 152 valence electrons. The normalized spacial score (nSPS) is 14.2. The molecule has 0 aliphatic carbocycles. The third-order valence-corrected chi connectivity index (χ3v) is 4.90. The highest BCUT2D eigenvalue weighted by Gasteiger charge is 2.38. The zero-order valence-corrected chi connectivity index (χ0v) is 17.8. The summed E-state index contributed by atoms with van der Waals surface area (Å²) in [4.78, 5) is 27.1. The Balaban J connectivity index is 1.99. The van der Waals surface area contributed by atoms with Crippen LogP contribution < -0.4 is 10.1 Å². The van der Waals surface area contributed by atoms with Gasteiger partial charge in [-0.05, 0) is 55.2 Å². The van der Waals surface area contributed by atoms with E-state index in [9.17, 15) is 9.59 Å². The first kappa shape index (κ1) is 20.9. The molecule has 6 heteroatoms. The standard InChI is InChI=1S/C23H25ClN2O3/c1-5-26-22(27)20(16-7-10-18(11-8-16)29-13-14(2)3)21(23(26)28)25-19-12-17(24)9-6-15(19)4/h6-12,14,25H,5,13H2,1-4H3. The van der Waals surface area contributed by atoms with Crippen molar-refractivity contribution in [3.05, 3.63) is 64.3 Å². The molecule has 1 aliphatic heterocycles. The van der Waals surface area contributed by atoms with E-state index in [0.29, 0.717) is 40.9 Å². The third kappa shape index (κ3) is 4.46. The molecule has 3 rings (SSSR count). The minimum Gasteiger partial charge on any atom is -0.493 e. The first-order chi connectivity index (χ1) is 13.8. The van der Waals surface area contributed by atoms with Crippen molar-refractivity contribution in [2.45, 2.75) is 27.7 Å². The number of likely N-dealkylation sites (N-methyl/N-ethyl adjacent to an activating group) is 1. The molecule has 0 aromatic heterocycles. The van der Waals surface area contributed by atoms with Gasteiger partial charge < -0.3 is 10.1 Å². The largest absolute Gasteiger partial charge is 0.493 e. The number of hydrogen-bond donors (Lipinski definition) is 1. The van der Waals surface area contributed by atoms with E-state index in [0.717, 1.165) is 11.3 Å². The van der Waals surface area contributed by atoms with Crippen LogP contribution in [0.1, 0.15) is 31.9 Å². The topological polar surface area (TPSA) is 58.6 Å². The van der Waals surface area contributed by atoms with Gasteiger partial charge in [0, 0.05) is 17.3 Å². The number of imide groups is 1. The molecule has 0 spiro atoms. The number of rotatable bonds is 7. The summed E-state index contributed by atoms with van der Waals surface area (Å²) in [5.41, 5.74) is 2.90. The number of halogens is 1.